The minimum absolute atomic E-state index is 0.207. The zero-order valence-corrected chi connectivity index (χ0v) is 11.8. The van der Waals surface area contributed by atoms with E-state index in [2.05, 4.69) is 55.6 Å². The summed E-state index contributed by atoms with van der Waals surface area (Å²) in [7, 11) is 3.96. The Hall–Kier alpha value is -1.61. The Balaban J connectivity index is 2.52. The maximum absolute atomic E-state index is 4.43. The fourth-order valence-corrected chi connectivity index (χ4v) is 2.47. The van der Waals surface area contributed by atoms with Gasteiger partial charge < -0.3 is 5.32 Å². The molecule has 96 valence electrons. The molecule has 0 amide bonds. The Morgan fingerprint density at radius 3 is 2.44 bits per heavy atom. The van der Waals surface area contributed by atoms with Crippen molar-refractivity contribution in [3.05, 3.63) is 52.3 Å². The molecule has 3 heteroatoms. The Morgan fingerprint density at radius 2 is 1.89 bits per heavy atom. The molecule has 0 aliphatic rings. The summed E-state index contributed by atoms with van der Waals surface area (Å²) < 4.78 is 1.88. The largest absolute Gasteiger partial charge is 0.309 e. The lowest BCUT2D eigenvalue weighted by Crippen LogP contribution is -2.19. The molecule has 1 aromatic heterocycles. The third-order valence-corrected chi connectivity index (χ3v) is 3.61. The topological polar surface area (TPSA) is 29.9 Å². The molecule has 1 heterocycles. The first-order valence-corrected chi connectivity index (χ1v) is 6.28. The molecule has 1 aromatic carbocycles. The third-order valence-electron chi connectivity index (χ3n) is 3.61. The molecule has 1 atom stereocenters. The van der Waals surface area contributed by atoms with Gasteiger partial charge in [-0.15, -0.1) is 0 Å². The molecule has 1 unspecified atom stereocenters. The molecule has 0 saturated carbocycles. The van der Waals surface area contributed by atoms with E-state index in [1.807, 2.05) is 18.8 Å². The van der Waals surface area contributed by atoms with Crippen molar-refractivity contribution >= 4 is 0 Å². The Labute approximate surface area is 109 Å². The van der Waals surface area contributed by atoms with Gasteiger partial charge in [0, 0.05) is 18.8 Å². The number of nitrogens with zero attached hydrogens (tertiary/aromatic N) is 2. The van der Waals surface area contributed by atoms with Crippen LogP contribution in [0.5, 0.6) is 0 Å². The van der Waals surface area contributed by atoms with Crippen LogP contribution in [0.15, 0.2) is 24.4 Å². The maximum Gasteiger partial charge on any atom is 0.0644 e. The molecule has 2 aromatic rings. The van der Waals surface area contributed by atoms with Crippen LogP contribution in [-0.2, 0) is 7.05 Å². The smallest absolute Gasteiger partial charge is 0.0644 e. The van der Waals surface area contributed by atoms with Crippen LogP contribution in [0, 0.1) is 20.8 Å². The monoisotopic (exact) mass is 243 g/mol. The average molecular weight is 243 g/mol. The lowest BCUT2D eigenvalue weighted by molar-refractivity contribution is 0.682. The summed E-state index contributed by atoms with van der Waals surface area (Å²) in [5, 5.41) is 7.84. The zero-order valence-electron chi connectivity index (χ0n) is 11.8. The number of aromatic nitrogens is 2. The van der Waals surface area contributed by atoms with Gasteiger partial charge in [-0.3, -0.25) is 4.68 Å². The van der Waals surface area contributed by atoms with Crippen LogP contribution >= 0.6 is 0 Å². The van der Waals surface area contributed by atoms with Gasteiger partial charge in [0.15, 0.2) is 0 Å². The van der Waals surface area contributed by atoms with E-state index < -0.39 is 0 Å². The van der Waals surface area contributed by atoms with E-state index >= 15 is 0 Å². The van der Waals surface area contributed by atoms with Crippen LogP contribution in [-0.4, -0.2) is 16.8 Å². The SMILES string of the molecule is CNC(c1cn(C)nc1C)c1cccc(C)c1C. The molecule has 0 bridgehead atoms. The molecule has 0 fully saturated rings. The molecular weight excluding hydrogens is 222 g/mol. The molecule has 1 N–H and O–H groups in total. The van der Waals surface area contributed by atoms with Crippen LogP contribution in [0.2, 0.25) is 0 Å². The van der Waals surface area contributed by atoms with Crippen molar-refractivity contribution in [2.75, 3.05) is 7.05 Å². The standard InChI is InChI=1S/C15H21N3/c1-10-7-6-8-13(11(10)2)15(16-4)14-9-18(5)17-12(14)3/h6-9,15-16H,1-5H3. The summed E-state index contributed by atoms with van der Waals surface area (Å²) in [5.74, 6) is 0. The van der Waals surface area contributed by atoms with E-state index in [1.54, 1.807) is 0 Å². The highest BCUT2D eigenvalue weighted by molar-refractivity contribution is 5.41. The first-order chi connectivity index (χ1) is 8.54. The second-order valence-corrected chi connectivity index (χ2v) is 4.85. The second kappa shape index (κ2) is 4.94. The van der Waals surface area contributed by atoms with Crippen LogP contribution in [0.25, 0.3) is 0 Å². The van der Waals surface area contributed by atoms with Crippen molar-refractivity contribution in [2.24, 2.45) is 7.05 Å². The van der Waals surface area contributed by atoms with E-state index in [0.29, 0.717) is 0 Å². The molecule has 2 rings (SSSR count). The van der Waals surface area contributed by atoms with Crippen molar-refractivity contribution in [2.45, 2.75) is 26.8 Å². The molecule has 18 heavy (non-hydrogen) atoms. The fraction of sp³-hybridized carbons (Fsp3) is 0.400. The lowest BCUT2D eigenvalue weighted by atomic mass is 9.93. The normalized spacial score (nSPS) is 12.7. The van der Waals surface area contributed by atoms with E-state index in [0.717, 1.165) is 5.69 Å². The molecule has 3 nitrogen and oxygen atoms in total. The molecule has 0 radical (unpaired) electrons. The predicted molar refractivity (Wildman–Crippen MR) is 74.8 cm³/mol. The Kier molecular flexibility index (Phi) is 3.53. The number of nitrogens with one attached hydrogen (secondary N) is 1. The van der Waals surface area contributed by atoms with Crippen LogP contribution in [0.4, 0.5) is 0 Å². The highest BCUT2D eigenvalue weighted by atomic mass is 15.3. The van der Waals surface area contributed by atoms with Gasteiger partial charge in [-0.25, -0.2) is 0 Å². The lowest BCUT2D eigenvalue weighted by Gasteiger charge is -2.19. The predicted octanol–water partition coefficient (Wildman–Crippen LogP) is 2.65. The van der Waals surface area contributed by atoms with Crippen molar-refractivity contribution in [1.82, 2.24) is 15.1 Å². The third kappa shape index (κ3) is 2.18. The van der Waals surface area contributed by atoms with E-state index in [4.69, 9.17) is 0 Å². The molecule has 0 aliphatic heterocycles. The highest BCUT2D eigenvalue weighted by Gasteiger charge is 2.18. The van der Waals surface area contributed by atoms with Crippen LogP contribution in [0.1, 0.15) is 34.0 Å². The summed E-state index contributed by atoms with van der Waals surface area (Å²) >= 11 is 0. The molecule has 0 saturated heterocycles. The zero-order chi connectivity index (χ0) is 13.3. The summed E-state index contributed by atoms with van der Waals surface area (Å²) in [6.07, 6.45) is 2.10. The van der Waals surface area contributed by atoms with Gasteiger partial charge in [0.1, 0.15) is 0 Å². The maximum atomic E-state index is 4.43. The van der Waals surface area contributed by atoms with Gasteiger partial charge in [-0.2, -0.15) is 5.10 Å². The van der Waals surface area contributed by atoms with Crippen molar-refractivity contribution in [3.8, 4) is 0 Å². The van der Waals surface area contributed by atoms with E-state index in [9.17, 15) is 0 Å². The van der Waals surface area contributed by atoms with Crippen molar-refractivity contribution in [3.63, 3.8) is 0 Å². The number of aryl methyl sites for hydroxylation is 3. The Morgan fingerprint density at radius 1 is 1.17 bits per heavy atom. The minimum Gasteiger partial charge on any atom is -0.309 e. The molecule has 0 aliphatic carbocycles. The van der Waals surface area contributed by atoms with Gasteiger partial charge in [0.05, 0.1) is 11.7 Å². The summed E-state index contributed by atoms with van der Waals surface area (Å²) in [6.45, 7) is 6.40. The average Bonchev–Trinajstić information content (AvgIpc) is 2.65. The summed E-state index contributed by atoms with van der Waals surface area (Å²) in [4.78, 5) is 0. The van der Waals surface area contributed by atoms with Gasteiger partial charge >= 0.3 is 0 Å². The van der Waals surface area contributed by atoms with E-state index in [-0.39, 0.29) is 6.04 Å². The number of hydrogen-bond donors (Lipinski definition) is 1. The fourth-order valence-electron chi connectivity index (χ4n) is 2.47. The molecular formula is C15H21N3. The van der Waals surface area contributed by atoms with Crippen molar-refractivity contribution in [1.29, 1.82) is 0 Å². The quantitative estimate of drug-likeness (QED) is 0.898. The highest BCUT2D eigenvalue weighted by Crippen LogP contribution is 2.27. The van der Waals surface area contributed by atoms with Gasteiger partial charge in [0.25, 0.3) is 0 Å². The second-order valence-electron chi connectivity index (χ2n) is 4.85. The van der Waals surface area contributed by atoms with Gasteiger partial charge in [0.2, 0.25) is 0 Å². The van der Waals surface area contributed by atoms with Gasteiger partial charge in [-0.1, -0.05) is 18.2 Å². The van der Waals surface area contributed by atoms with Crippen LogP contribution in [0.3, 0.4) is 0 Å². The first kappa shape index (κ1) is 12.8. The van der Waals surface area contributed by atoms with Gasteiger partial charge in [-0.05, 0) is 44.5 Å². The summed E-state index contributed by atoms with van der Waals surface area (Å²) in [5.41, 5.74) is 6.33. The first-order valence-electron chi connectivity index (χ1n) is 6.28. The number of benzene rings is 1. The summed E-state index contributed by atoms with van der Waals surface area (Å²) in [6, 6.07) is 6.67. The van der Waals surface area contributed by atoms with Crippen LogP contribution < -0.4 is 5.32 Å². The Bertz CT molecular complexity index is 555. The van der Waals surface area contributed by atoms with E-state index in [1.165, 1.54) is 22.3 Å². The number of hydrogen-bond acceptors (Lipinski definition) is 2. The minimum atomic E-state index is 0.207. The van der Waals surface area contributed by atoms with Crippen molar-refractivity contribution < 1.29 is 0 Å². The number of rotatable bonds is 3. The molecule has 0 spiro atoms.